The molecule has 0 bridgehead atoms. The van der Waals surface area contributed by atoms with Crippen molar-refractivity contribution in [3.63, 3.8) is 0 Å². The molecule has 1 fully saturated rings. The van der Waals surface area contributed by atoms with Gasteiger partial charge in [-0.2, -0.15) is 0 Å². The van der Waals surface area contributed by atoms with Gasteiger partial charge in [0.25, 0.3) is 0 Å². The van der Waals surface area contributed by atoms with E-state index in [0.29, 0.717) is 0 Å². The third-order valence-corrected chi connectivity index (χ3v) is 2.78. The molecule has 0 aromatic heterocycles. The van der Waals surface area contributed by atoms with Gasteiger partial charge in [-0.3, -0.25) is 0 Å². The van der Waals surface area contributed by atoms with Crippen molar-refractivity contribution in [3.8, 4) is 0 Å². The first-order valence-corrected chi connectivity index (χ1v) is 4.67. The van der Waals surface area contributed by atoms with Gasteiger partial charge >= 0.3 is 0 Å². The molecule has 2 rings (SSSR count). The smallest absolute Gasteiger partial charge is 0.0889 e. The zero-order valence-corrected chi connectivity index (χ0v) is 8.12. The fourth-order valence-electron chi connectivity index (χ4n) is 1.73. The molecule has 1 aromatic rings. The quantitative estimate of drug-likeness (QED) is 0.702. The Labute approximate surface area is 78.8 Å². The van der Waals surface area contributed by atoms with Gasteiger partial charge in [-0.1, -0.05) is 12.1 Å². The third-order valence-electron chi connectivity index (χ3n) is 2.78. The third kappa shape index (κ3) is 1.42. The van der Waals surface area contributed by atoms with Crippen LogP contribution in [0.4, 0.5) is 5.69 Å². The first-order chi connectivity index (χ1) is 6.18. The van der Waals surface area contributed by atoms with Gasteiger partial charge in [-0.05, 0) is 31.0 Å². The predicted octanol–water partition coefficient (Wildman–Crippen LogP) is 1.48. The molecule has 70 valence electrons. The maximum absolute atomic E-state index is 9.20. The Kier molecular flexibility index (Phi) is 2.00. The van der Waals surface area contributed by atoms with Gasteiger partial charge in [0.1, 0.15) is 0 Å². The molecule has 1 aliphatic heterocycles. The van der Waals surface area contributed by atoms with Gasteiger partial charge in [-0.15, -0.1) is 0 Å². The summed E-state index contributed by atoms with van der Waals surface area (Å²) in [5.41, 5.74) is 3.92. The number of anilines is 1. The van der Waals surface area contributed by atoms with E-state index >= 15 is 0 Å². The molecule has 1 heterocycles. The van der Waals surface area contributed by atoms with Crippen molar-refractivity contribution in [2.75, 3.05) is 18.0 Å². The molecule has 2 heteroatoms. The summed E-state index contributed by atoms with van der Waals surface area (Å²) in [5, 5.41) is 9.20. The Morgan fingerprint density at radius 3 is 2.62 bits per heavy atom. The number of benzene rings is 1. The lowest BCUT2D eigenvalue weighted by Crippen LogP contribution is -2.51. The van der Waals surface area contributed by atoms with Crippen LogP contribution in [-0.2, 0) is 0 Å². The lowest BCUT2D eigenvalue weighted by Gasteiger charge is -2.39. The van der Waals surface area contributed by atoms with E-state index in [0.717, 1.165) is 13.1 Å². The number of nitrogens with zero attached hydrogens (tertiary/aromatic N) is 1. The molecular formula is C11H15NO. The maximum Gasteiger partial charge on any atom is 0.0889 e. The molecule has 1 aromatic carbocycles. The Bertz CT molecular complexity index is 316. The molecular weight excluding hydrogens is 162 g/mol. The first-order valence-electron chi connectivity index (χ1n) is 4.67. The van der Waals surface area contributed by atoms with Gasteiger partial charge in [0, 0.05) is 18.8 Å². The Morgan fingerprint density at radius 2 is 2.00 bits per heavy atom. The van der Waals surface area contributed by atoms with Crippen LogP contribution in [0.5, 0.6) is 0 Å². The topological polar surface area (TPSA) is 23.5 Å². The molecule has 0 amide bonds. The molecule has 2 nitrogen and oxygen atoms in total. The zero-order chi connectivity index (χ0) is 9.42. The minimum atomic E-state index is -0.125. The van der Waals surface area contributed by atoms with Gasteiger partial charge < -0.3 is 10.0 Å². The lowest BCUT2D eigenvalue weighted by molar-refractivity contribution is 0.142. The highest BCUT2D eigenvalue weighted by Crippen LogP contribution is 2.26. The van der Waals surface area contributed by atoms with E-state index in [-0.39, 0.29) is 6.10 Å². The molecule has 13 heavy (non-hydrogen) atoms. The molecule has 0 aliphatic carbocycles. The highest BCUT2D eigenvalue weighted by Gasteiger charge is 2.25. The van der Waals surface area contributed by atoms with Crippen LogP contribution >= 0.6 is 0 Å². The number of aliphatic hydroxyl groups excluding tert-OH is 1. The fraction of sp³-hybridized carbons (Fsp3) is 0.455. The molecule has 1 aliphatic rings. The van der Waals surface area contributed by atoms with Gasteiger partial charge in [0.2, 0.25) is 0 Å². The predicted molar refractivity (Wildman–Crippen MR) is 54.1 cm³/mol. The SMILES string of the molecule is Cc1cccc(N2CC(O)C2)c1C. The van der Waals surface area contributed by atoms with E-state index in [1.807, 2.05) is 0 Å². The number of rotatable bonds is 1. The van der Waals surface area contributed by atoms with Crippen LogP contribution in [0, 0.1) is 13.8 Å². The standard InChI is InChI=1S/C11H15NO/c1-8-4-3-5-11(9(8)2)12-6-10(13)7-12/h3-5,10,13H,6-7H2,1-2H3. The van der Waals surface area contributed by atoms with Crippen LogP contribution in [-0.4, -0.2) is 24.3 Å². The van der Waals surface area contributed by atoms with Crippen molar-refractivity contribution in [3.05, 3.63) is 29.3 Å². The summed E-state index contributed by atoms with van der Waals surface area (Å²) in [6.45, 7) is 5.82. The van der Waals surface area contributed by atoms with Crippen molar-refractivity contribution in [1.82, 2.24) is 0 Å². The Hall–Kier alpha value is -1.02. The van der Waals surface area contributed by atoms with E-state index in [2.05, 4.69) is 36.9 Å². The largest absolute Gasteiger partial charge is 0.389 e. The summed E-state index contributed by atoms with van der Waals surface area (Å²) in [4.78, 5) is 2.22. The maximum atomic E-state index is 9.20. The average Bonchev–Trinajstić information content (AvgIpc) is 2.05. The number of β-amino-alcohol motifs (C(OH)–C–C–N with tert-alkyl or cyclic N) is 1. The van der Waals surface area contributed by atoms with Crippen LogP contribution in [0.1, 0.15) is 11.1 Å². The van der Waals surface area contributed by atoms with E-state index in [9.17, 15) is 5.11 Å². The van der Waals surface area contributed by atoms with E-state index in [4.69, 9.17) is 0 Å². The zero-order valence-electron chi connectivity index (χ0n) is 8.12. The molecule has 0 radical (unpaired) electrons. The summed E-state index contributed by atoms with van der Waals surface area (Å²) in [6, 6.07) is 6.31. The van der Waals surface area contributed by atoms with E-state index < -0.39 is 0 Å². The second-order valence-corrected chi connectivity index (χ2v) is 3.78. The normalized spacial score (nSPS) is 17.3. The summed E-state index contributed by atoms with van der Waals surface area (Å²) >= 11 is 0. The fourth-order valence-corrected chi connectivity index (χ4v) is 1.73. The van der Waals surface area contributed by atoms with Crippen LogP contribution in [0.15, 0.2) is 18.2 Å². The van der Waals surface area contributed by atoms with Gasteiger partial charge in [-0.25, -0.2) is 0 Å². The lowest BCUT2D eigenvalue weighted by atomic mass is 10.0. The second-order valence-electron chi connectivity index (χ2n) is 3.78. The van der Waals surface area contributed by atoms with Crippen molar-refractivity contribution in [2.24, 2.45) is 0 Å². The molecule has 1 saturated heterocycles. The van der Waals surface area contributed by atoms with E-state index in [1.165, 1.54) is 16.8 Å². The van der Waals surface area contributed by atoms with Crippen molar-refractivity contribution < 1.29 is 5.11 Å². The molecule has 0 unspecified atom stereocenters. The highest BCUT2D eigenvalue weighted by atomic mass is 16.3. The van der Waals surface area contributed by atoms with Crippen LogP contribution < -0.4 is 4.90 Å². The number of aliphatic hydroxyl groups is 1. The van der Waals surface area contributed by atoms with Crippen molar-refractivity contribution in [1.29, 1.82) is 0 Å². The highest BCUT2D eigenvalue weighted by molar-refractivity contribution is 5.57. The summed E-state index contributed by atoms with van der Waals surface area (Å²) in [6.07, 6.45) is -0.125. The number of hydrogen-bond donors (Lipinski definition) is 1. The summed E-state index contributed by atoms with van der Waals surface area (Å²) in [5.74, 6) is 0. The summed E-state index contributed by atoms with van der Waals surface area (Å²) in [7, 11) is 0. The van der Waals surface area contributed by atoms with Gasteiger partial charge in [0.05, 0.1) is 6.10 Å². The Balaban J connectivity index is 2.26. The Morgan fingerprint density at radius 1 is 1.31 bits per heavy atom. The average molecular weight is 177 g/mol. The molecule has 0 spiro atoms. The van der Waals surface area contributed by atoms with Gasteiger partial charge in [0.15, 0.2) is 0 Å². The molecule has 1 N–H and O–H groups in total. The molecule has 0 saturated carbocycles. The van der Waals surface area contributed by atoms with Crippen LogP contribution in [0.3, 0.4) is 0 Å². The van der Waals surface area contributed by atoms with Crippen LogP contribution in [0.2, 0.25) is 0 Å². The number of hydrogen-bond acceptors (Lipinski definition) is 2. The van der Waals surface area contributed by atoms with Crippen molar-refractivity contribution >= 4 is 5.69 Å². The molecule has 0 atom stereocenters. The minimum absolute atomic E-state index is 0.125. The first kappa shape index (κ1) is 8.57. The summed E-state index contributed by atoms with van der Waals surface area (Å²) < 4.78 is 0. The monoisotopic (exact) mass is 177 g/mol. The number of aryl methyl sites for hydroxylation is 1. The van der Waals surface area contributed by atoms with Crippen molar-refractivity contribution in [2.45, 2.75) is 20.0 Å². The van der Waals surface area contributed by atoms with E-state index in [1.54, 1.807) is 0 Å². The minimum Gasteiger partial charge on any atom is -0.389 e. The van der Waals surface area contributed by atoms with Crippen LogP contribution in [0.25, 0.3) is 0 Å². The second kappa shape index (κ2) is 3.04.